The Hall–Kier alpha value is -3.37. The van der Waals surface area contributed by atoms with Gasteiger partial charge in [-0.1, -0.05) is 13.0 Å². The second-order valence-corrected chi connectivity index (χ2v) is 8.70. The van der Waals surface area contributed by atoms with Crippen molar-refractivity contribution in [2.24, 2.45) is 0 Å². The summed E-state index contributed by atoms with van der Waals surface area (Å²) in [5.41, 5.74) is 4.46. The van der Waals surface area contributed by atoms with Crippen LogP contribution in [-0.2, 0) is 11.3 Å². The van der Waals surface area contributed by atoms with Gasteiger partial charge < -0.3 is 10.1 Å². The number of rotatable bonds is 6. The number of ether oxygens (including phenoxy) is 1. The molecule has 34 heavy (non-hydrogen) atoms. The molecule has 2 N–H and O–H groups in total. The first-order valence-corrected chi connectivity index (χ1v) is 11.3. The van der Waals surface area contributed by atoms with E-state index in [0.29, 0.717) is 42.6 Å². The Morgan fingerprint density at radius 2 is 1.91 bits per heavy atom. The van der Waals surface area contributed by atoms with Gasteiger partial charge in [-0.3, -0.25) is 10.00 Å². The van der Waals surface area contributed by atoms with Gasteiger partial charge in [-0.15, -0.1) is 0 Å². The average Bonchev–Trinajstić information content (AvgIpc) is 3.36. The molecule has 178 valence electrons. The molecule has 0 radical (unpaired) electrons. The molecule has 10 heteroatoms. The molecule has 1 aliphatic heterocycles. The van der Waals surface area contributed by atoms with Crippen LogP contribution in [0.4, 0.5) is 20.4 Å². The minimum atomic E-state index is -0.600. The molecule has 0 aliphatic carbocycles. The molecule has 0 bridgehead atoms. The molecule has 3 aromatic heterocycles. The molecule has 0 saturated carbocycles. The van der Waals surface area contributed by atoms with E-state index in [1.807, 2.05) is 37.4 Å². The fourth-order valence-corrected chi connectivity index (χ4v) is 4.49. The molecule has 1 saturated heterocycles. The van der Waals surface area contributed by atoms with Gasteiger partial charge in [-0.25, -0.2) is 18.3 Å². The number of aromatic nitrogens is 5. The van der Waals surface area contributed by atoms with Crippen LogP contribution in [0.25, 0.3) is 5.65 Å². The van der Waals surface area contributed by atoms with Crippen LogP contribution in [0.3, 0.4) is 0 Å². The van der Waals surface area contributed by atoms with Crippen LogP contribution < -0.4 is 5.32 Å². The predicted octanol–water partition coefficient (Wildman–Crippen LogP) is 4.08. The molecule has 1 fully saturated rings. The van der Waals surface area contributed by atoms with Crippen LogP contribution in [-0.4, -0.2) is 56.0 Å². The van der Waals surface area contributed by atoms with Crippen LogP contribution in [0.15, 0.2) is 30.3 Å². The molecule has 1 atom stereocenters. The number of nitrogens with zero attached hydrogens (tertiary/aromatic N) is 5. The second kappa shape index (κ2) is 9.11. The fourth-order valence-electron chi connectivity index (χ4n) is 4.49. The van der Waals surface area contributed by atoms with Gasteiger partial charge in [0.1, 0.15) is 17.5 Å². The Kier molecular flexibility index (Phi) is 6.01. The average molecular weight is 468 g/mol. The van der Waals surface area contributed by atoms with Crippen molar-refractivity contribution in [3.8, 4) is 0 Å². The third-order valence-electron chi connectivity index (χ3n) is 6.20. The van der Waals surface area contributed by atoms with E-state index in [2.05, 4.69) is 20.4 Å². The van der Waals surface area contributed by atoms with Gasteiger partial charge in [0, 0.05) is 55.0 Å². The Morgan fingerprint density at radius 1 is 1.12 bits per heavy atom. The Morgan fingerprint density at radius 3 is 2.62 bits per heavy atom. The van der Waals surface area contributed by atoms with Gasteiger partial charge in [0.2, 0.25) is 0 Å². The number of H-pyrrole nitrogens is 1. The van der Waals surface area contributed by atoms with E-state index in [1.165, 1.54) is 12.1 Å². The SMILES string of the molecule is Cc1cc(Nc2cc(CN3CCOCC3)n3nc(C)c([C@@H](C)c4ccc(F)cc4F)c3n2)n[nH]1. The van der Waals surface area contributed by atoms with Crippen molar-refractivity contribution in [1.82, 2.24) is 29.7 Å². The maximum atomic E-state index is 14.7. The fraction of sp³-hybridized carbons (Fsp3) is 0.375. The summed E-state index contributed by atoms with van der Waals surface area (Å²) in [5.74, 6) is -0.278. The van der Waals surface area contributed by atoms with Crippen molar-refractivity contribution >= 4 is 17.3 Å². The lowest BCUT2D eigenvalue weighted by Gasteiger charge is -2.26. The summed E-state index contributed by atoms with van der Waals surface area (Å²) in [4.78, 5) is 7.15. The number of halogens is 2. The number of fused-ring (bicyclic) bond motifs is 1. The zero-order chi connectivity index (χ0) is 23.8. The molecule has 8 nitrogen and oxygen atoms in total. The van der Waals surface area contributed by atoms with Crippen molar-refractivity contribution < 1.29 is 13.5 Å². The molecule has 4 aromatic rings. The van der Waals surface area contributed by atoms with E-state index in [0.717, 1.165) is 41.8 Å². The Labute approximate surface area is 196 Å². The first-order valence-electron chi connectivity index (χ1n) is 11.3. The molecule has 0 spiro atoms. The molecule has 0 amide bonds. The third kappa shape index (κ3) is 4.38. The summed E-state index contributed by atoms with van der Waals surface area (Å²) in [6.45, 7) is 9.41. The number of morpholine rings is 1. The van der Waals surface area contributed by atoms with Crippen molar-refractivity contribution in [2.45, 2.75) is 33.2 Å². The lowest BCUT2D eigenvalue weighted by molar-refractivity contribution is 0.0334. The molecular formula is C24H27F2N7O. The number of hydrogen-bond acceptors (Lipinski definition) is 6. The van der Waals surface area contributed by atoms with Crippen LogP contribution >= 0.6 is 0 Å². The molecule has 5 rings (SSSR count). The first kappa shape index (κ1) is 22.4. The van der Waals surface area contributed by atoms with Crippen molar-refractivity contribution in [3.05, 3.63) is 70.2 Å². The Balaban J connectivity index is 1.61. The molecule has 1 aliphatic rings. The number of nitrogens with one attached hydrogen (secondary N) is 2. The predicted molar refractivity (Wildman–Crippen MR) is 124 cm³/mol. The zero-order valence-corrected chi connectivity index (χ0v) is 19.4. The summed E-state index contributed by atoms with van der Waals surface area (Å²) in [5, 5.41) is 15.2. The lowest BCUT2D eigenvalue weighted by Crippen LogP contribution is -2.36. The lowest BCUT2D eigenvalue weighted by atomic mass is 9.92. The number of hydrogen-bond donors (Lipinski definition) is 2. The van der Waals surface area contributed by atoms with E-state index in [9.17, 15) is 8.78 Å². The zero-order valence-electron chi connectivity index (χ0n) is 19.4. The maximum Gasteiger partial charge on any atom is 0.161 e. The van der Waals surface area contributed by atoms with Crippen molar-refractivity contribution in [2.75, 3.05) is 31.6 Å². The topological polar surface area (TPSA) is 83.4 Å². The highest BCUT2D eigenvalue weighted by atomic mass is 19.1. The van der Waals surface area contributed by atoms with Gasteiger partial charge in [-0.2, -0.15) is 10.2 Å². The minimum Gasteiger partial charge on any atom is -0.379 e. The van der Waals surface area contributed by atoms with Gasteiger partial charge in [0.25, 0.3) is 0 Å². The van der Waals surface area contributed by atoms with Gasteiger partial charge >= 0.3 is 0 Å². The quantitative estimate of drug-likeness (QED) is 0.445. The highest BCUT2D eigenvalue weighted by Crippen LogP contribution is 2.33. The smallest absolute Gasteiger partial charge is 0.161 e. The first-order chi connectivity index (χ1) is 16.4. The summed E-state index contributed by atoms with van der Waals surface area (Å²) in [6, 6.07) is 7.54. The van der Waals surface area contributed by atoms with E-state index in [-0.39, 0.29) is 5.92 Å². The highest BCUT2D eigenvalue weighted by Gasteiger charge is 2.24. The van der Waals surface area contributed by atoms with Gasteiger partial charge in [0.05, 0.1) is 24.6 Å². The number of anilines is 2. The highest BCUT2D eigenvalue weighted by molar-refractivity contribution is 5.62. The second-order valence-electron chi connectivity index (χ2n) is 8.70. The van der Waals surface area contributed by atoms with Crippen LogP contribution in [0.2, 0.25) is 0 Å². The standard InChI is InChI=1S/C24H27F2N7O/c1-14-10-22(30-29-14)27-21-12-18(13-32-6-8-34-9-7-32)33-24(28-21)23(16(3)31-33)15(2)19-5-4-17(25)11-20(19)26/h4-5,10-12,15H,6-9,13H2,1-3H3,(H2,27,28,29,30)/t15-/m0/s1. The van der Waals surface area contributed by atoms with E-state index >= 15 is 0 Å². The minimum absolute atomic E-state index is 0.371. The van der Waals surface area contributed by atoms with Crippen LogP contribution in [0, 0.1) is 25.5 Å². The van der Waals surface area contributed by atoms with Gasteiger partial charge in [-0.05, 0) is 25.5 Å². The van der Waals surface area contributed by atoms with E-state index in [1.54, 1.807) is 0 Å². The summed E-state index contributed by atoms with van der Waals surface area (Å²) in [7, 11) is 0. The maximum absolute atomic E-state index is 14.7. The summed E-state index contributed by atoms with van der Waals surface area (Å²) in [6.07, 6.45) is 0. The molecule has 4 heterocycles. The van der Waals surface area contributed by atoms with E-state index in [4.69, 9.17) is 14.8 Å². The third-order valence-corrected chi connectivity index (χ3v) is 6.20. The number of benzene rings is 1. The summed E-state index contributed by atoms with van der Waals surface area (Å²) < 4.78 is 35.5. The van der Waals surface area contributed by atoms with Crippen LogP contribution in [0.1, 0.15) is 41.1 Å². The largest absolute Gasteiger partial charge is 0.379 e. The van der Waals surface area contributed by atoms with Crippen LogP contribution in [0.5, 0.6) is 0 Å². The van der Waals surface area contributed by atoms with Crippen molar-refractivity contribution in [1.29, 1.82) is 0 Å². The summed E-state index contributed by atoms with van der Waals surface area (Å²) >= 11 is 0. The monoisotopic (exact) mass is 467 g/mol. The molecular weight excluding hydrogens is 440 g/mol. The Bertz CT molecular complexity index is 1330. The van der Waals surface area contributed by atoms with E-state index < -0.39 is 11.6 Å². The van der Waals surface area contributed by atoms with Gasteiger partial charge in [0.15, 0.2) is 11.5 Å². The number of aromatic amines is 1. The molecule has 1 aromatic carbocycles. The molecule has 0 unspecified atom stereocenters. The van der Waals surface area contributed by atoms with Crippen molar-refractivity contribution in [3.63, 3.8) is 0 Å². The normalized spacial score (nSPS) is 15.7. The number of aryl methyl sites for hydroxylation is 2.